The maximum Gasteiger partial charge on any atom is 0.253 e. The molecular formula is C23H30N4O2. The number of amides is 2. The molecule has 0 saturated heterocycles. The number of nitrogens with zero attached hydrogens (tertiary/aromatic N) is 2. The Labute approximate surface area is 171 Å². The Bertz CT molecular complexity index is 951. The topological polar surface area (TPSA) is 75.5 Å². The van der Waals surface area contributed by atoms with Crippen molar-refractivity contribution in [2.45, 2.75) is 58.4 Å². The number of carbonyl (C=O) groups excluding carboxylic acids is 2. The third-order valence-corrected chi connectivity index (χ3v) is 7.88. The maximum absolute atomic E-state index is 12.8. The lowest BCUT2D eigenvalue weighted by atomic mass is 9.58. The van der Waals surface area contributed by atoms with E-state index in [9.17, 15) is 9.59 Å². The highest BCUT2D eigenvalue weighted by atomic mass is 16.2. The molecule has 2 unspecified atom stereocenters. The molecule has 6 heteroatoms. The summed E-state index contributed by atoms with van der Waals surface area (Å²) in [6.45, 7) is 5.06. The predicted molar refractivity (Wildman–Crippen MR) is 110 cm³/mol. The van der Waals surface area contributed by atoms with Crippen LogP contribution in [0.25, 0.3) is 5.52 Å². The summed E-state index contributed by atoms with van der Waals surface area (Å²) in [5.74, 6) is 1.13. The van der Waals surface area contributed by atoms with Gasteiger partial charge in [-0.3, -0.25) is 9.59 Å². The van der Waals surface area contributed by atoms with Gasteiger partial charge in [-0.25, -0.2) is 4.52 Å². The Kier molecular flexibility index (Phi) is 4.23. The van der Waals surface area contributed by atoms with E-state index in [4.69, 9.17) is 0 Å². The van der Waals surface area contributed by atoms with Crippen LogP contribution in [0.3, 0.4) is 0 Å². The molecule has 0 bridgehead atoms. The Hall–Kier alpha value is -2.37. The number of pyridine rings is 1. The summed E-state index contributed by atoms with van der Waals surface area (Å²) in [4.78, 5) is 25.1. The van der Waals surface area contributed by atoms with Gasteiger partial charge in [0.2, 0.25) is 5.91 Å². The van der Waals surface area contributed by atoms with Crippen molar-refractivity contribution in [2.24, 2.45) is 22.7 Å². The lowest BCUT2D eigenvalue weighted by Crippen LogP contribution is -2.60. The van der Waals surface area contributed by atoms with Gasteiger partial charge < -0.3 is 10.6 Å². The standard InChI is InChI=1S/C23H30N4O2/c1-22(2)16(14-24-20(28)10-15-12-23(13-15)6-7-23)11-19(22)26-21(29)17-4-3-9-27-18(17)5-8-25-27/h3-5,8-9,15-16,19H,6-7,10-14H2,1-2H3,(H,24,28)(H,26,29). The Morgan fingerprint density at radius 3 is 2.76 bits per heavy atom. The third kappa shape index (κ3) is 3.32. The van der Waals surface area contributed by atoms with E-state index in [2.05, 4.69) is 29.6 Å². The van der Waals surface area contributed by atoms with E-state index in [1.807, 2.05) is 24.4 Å². The van der Waals surface area contributed by atoms with Gasteiger partial charge >= 0.3 is 0 Å². The Morgan fingerprint density at radius 2 is 2.03 bits per heavy atom. The molecule has 2 amide bonds. The molecule has 3 saturated carbocycles. The second-order valence-electron chi connectivity index (χ2n) is 10.1. The van der Waals surface area contributed by atoms with E-state index in [1.54, 1.807) is 10.7 Å². The molecule has 29 heavy (non-hydrogen) atoms. The molecule has 6 nitrogen and oxygen atoms in total. The minimum absolute atomic E-state index is 0.0389. The van der Waals surface area contributed by atoms with Crippen LogP contribution < -0.4 is 10.6 Å². The van der Waals surface area contributed by atoms with E-state index < -0.39 is 0 Å². The van der Waals surface area contributed by atoms with Crippen LogP contribution in [0.2, 0.25) is 0 Å². The summed E-state index contributed by atoms with van der Waals surface area (Å²) in [5.41, 5.74) is 2.08. The molecule has 1 spiro atoms. The first kappa shape index (κ1) is 18.6. The van der Waals surface area contributed by atoms with Crippen LogP contribution in [0.4, 0.5) is 0 Å². The molecule has 0 aliphatic heterocycles. The molecule has 3 aliphatic carbocycles. The normalized spacial score (nSPS) is 26.6. The van der Waals surface area contributed by atoms with Gasteiger partial charge in [0, 0.05) is 25.2 Å². The predicted octanol–water partition coefficient (Wildman–Crippen LogP) is 3.18. The van der Waals surface area contributed by atoms with E-state index in [0.717, 1.165) is 11.9 Å². The second kappa shape index (κ2) is 6.57. The fraction of sp³-hybridized carbons (Fsp3) is 0.609. The summed E-state index contributed by atoms with van der Waals surface area (Å²) < 4.78 is 1.71. The molecule has 3 fully saturated rings. The fourth-order valence-electron chi connectivity index (χ4n) is 5.45. The molecular weight excluding hydrogens is 364 g/mol. The molecule has 0 radical (unpaired) electrons. The SMILES string of the molecule is CC1(C)C(CNC(=O)CC2CC3(CC3)C2)CC1NC(=O)c1cccn2nccc12. The molecule has 5 rings (SSSR count). The lowest BCUT2D eigenvalue weighted by Gasteiger charge is -2.52. The lowest BCUT2D eigenvalue weighted by molar-refractivity contribution is -0.124. The molecule has 2 N–H and O–H groups in total. The highest BCUT2D eigenvalue weighted by Gasteiger charge is 2.53. The zero-order valence-corrected chi connectivity index (χ0v) is 17.3. The molecule has 2 aromatic heterocycles. The molecule has 2 atom stereocenters. The number of nitrogens with one attached hydrogen (secondary N) is 2. The number of hydrogen-bond acceptors (Lipinski definition) is 3. The maximum atomic E-state index is 12.8. The molecule has 154 valence electrons. The van der Waals surface area contributed by atoms with Crippen molar-refractivity contribution in [3.05, 3.63) is 36.2 Å². The van der Waals surface area contributed by atoms with Crippen molar-refractivity contribution < 1.29 is 9.59 Å². The minimum atomic E-state index is -0.0596. The number of fused-ring (bicyclic) bond motifs is 1. The number of carbonyl (C=O) groups is 2. The molecule has 2 aromatic rings. The number of rotatable bonds is 6. The zero-order valence-electron chi connectivity index (χ0n) is 17.3. The van der Waals surface area contributed by atoms with Crippen LogP contribution in [-0.2, 0) is 4.79 Å². The van der Waals surface area contributed by atoms with Crippen molar-refractivity contribution in [3.63, 3.8) is 0 Å². The van der Waals surface area contributed by atoms with E-state index in [0.29, 0.717) is 35.8 Å². The number of aromatic nitrogens is 2. The van der Waals surface area contributed by atoms with Crippen LogP contribution in [0, 0.1) is 22.7 Å². The summed E-state index contributed by atoms with van der Waals surface area (Å²) >= 11 is 0. The third-order valence-electron chi connectivity index (χ3n) is 7.88. The fourth-order valence-corrected chi connectivity index (χ4v) is 5.45. The van der Waals surface area contributed by atoms with Crippen molar-refractivity contribution in [1.82, 2.24) is 20.2 Å². The van der Waals surface area contributed by atoms with Crippen LogP contribution in [-0.4, -0.2) is 34.0 Å². The average molecular weight is 395 g/mol. The smallest absolute Gasteiger partial charge is 0.253 e. The van der Waals surface area contributed by atoms with Crippen LogP contribution in [0.1, 0.15) is 62.7 Å². The van der Waals surface area contributed by atoms with Crippen molar-refractivity contribution in [2.75, 3.05) is 6.54 Å². The van der Waals surface area contributed by atoms with Crippen LogP contribution in [0.5, 0.6) is 0 Å². The van der Waals surface area contributed by atoms with Gasteiger partial charge in [-0.2, -0.15) is 5.10 Å². The van der Waals surface area contributed by atoms with Crippen molar-refractivity contribution in [1.29, 1.82) is 0 Å². The highest BCUT2D eigenvalue weighted by molar-refractivity contribution is 6.00. The van der Waals surface area contributed by atoms with Crippen molar-refractivity contribution in [3.8, 4) is 0 Å². The monoisotopic (exact) mass is 394 g/mol. The van der Waals surface area contributed by atoms with Gasteiger partial charge in [0.05, 0.1) is 17.3 Å². The highest BCUT2D eigenvalue weighted by Crippen LogP contribution is 2.64. The summed E-state index contributed by atoms with van der Waals surface area (Å²) in [7, 11) is 0. The van der Waals surface area contributed by atoms with Crippen molar-refractivity contribution >= 4 is 17.3 Å². The molecule has 0 aromatic carbocycles. The Balaban J connectivity index is 1.11. The first-order valence-electron chi connectivity index (χ1n) is 10.9. The van der Waals surface area contributed by atoms with E-state index >= 15 is 0 Å². The van der Waals surface area contributed by atoms with Gasteiger partial charge in [-0.1, -0.05) is 13.8 Å². The quantitative estimate of drug-likeness (QED) is 0.790. The first-order valence-corrected chi connectivity index (χ1v) is 10.9. The van der Waals surface area contributed by atoms with Gasteiger partial charge in [-0.05, 0) is 73.0 Å². The minimum Gasteiger partial charge on any atom is -0.356 e. The van der Waals surface area contributed by atoms with E-state index in [1.165, 1.54) is 25.7 Å². The van der Waals surface area contributed by atoms with Gasteiger partial charge in [0.1, 0.15) is 0 Å². The van der Waals surface area contributed by atoms with Gasteiger partial charge in [-0.15, -0.1) is 0 Å². The van der Waals surface area contributed by atoms with Gasteiger partial charge in [0.25, 0.3) is 5.91 Å². The first-order chi connectivity index (χ1) is 13.9. The van der Waals surface area contributed by atoms with Crippen LogP contribution >= 0.6 is 0 Å². The van der Waals surface area contributed by atoms with Gasteiger partial charge in [0.15, 0.2) is 0 Å². The summed E-state index contributed by atoms with van der Waals surface area (Å²) in [6.07, 6.45) is 10.4. The second-order valence-corrected chi connectivity index (χ2v) is 10.1. The number of hydrogen-bond donors (Lipinski definition) is 2. The molecule has 3 aliphatic rings. The summed E-state index contributed by atoms with van der Waals surface area (Å²) in [6, 6.07) is 5.64. The molecule has 2 heterocycles. The largest absolute Gasteiger partial charge is 0.356 e. The zero-order chi connectivity index (χ0) is 20.2. The average Bonchev–Trinajstić information content (AvgIpc) is 3.30. The van der Waals surface area contributed by atoms with Crippen LogP contribution in [0.15, 0.2) is 30.6 Å². The Morgan fingerprint density at radius 1 is 1.24 bits per heavy atom. The summed E-state index contributed by atoms with van der Waals surface area (Å²) in [5, 5.41) is 10.5. The van der Waals surface area contributed by atoms with E-state index in [-0.39, 0.29) is 23.3 Å².